The number of carboxylic acids is 1. The van der Waals surface area contributed by atoms with Crippen molar-refractivity contribution >= 4 is 49.9 Å². The maximum atomic E-state index is 12.5. The van der Waals surface area contributed by atoms with Crippen LogP contribution in [0.2, 0.25) is 0 Å². The molecule has 0 unspecified atom stereocenters. The van der Waals surface area contributed by atoms with E-state index in [2.05, 4.69) is 27.3 Å². The summed E-state index contributed by atoms with van der Waals surface area (Å²) in [6.07, 6.45) is 0. The topological polar surface area (TPSA) is 83.5 Å². The molecule has 0 saturated carbocycles. The van der Waals surface area contributed by atoms with Crippen molar-refractivity contribution in [2.45, 2.75) is 25.3 Å². The van der Waals surface area contributed by atoms with Crippen LogP contribution in [0, 0.1) is 17.4 Å². The molecule has 2 N–H and O–H groups in total. The van der Waals surface area contributed by atoms with Gasteiger partial charge in [0.1, 0.15) is 4.90 Å². The molecule has 1 aromatic carbocycles. The predicted octanol–water partition coefficient (Wildman–Crippen LogP) is 3.15. The molecule has 0 aliphatic heterocycles. The Bertz CT molecular complexity index is 827. The average molecular weight is 451 g/mol. The third-order valence-corrected chi connectivity index (χ3v) is 6.44. The Kier molecular flexibility index (Phi) is 5.25. The zero-order chi connectivity index (χ0) is 16.5. The lowest BCUT2D eigenvalue weighted by Crippen LogP contribution is -2.25. The maximum absolute atomic E-state index is 12.5. The molecule has 118 valence electrons. The number of carboxylic acid groups (broad SMARTS) is 1. The van der Waals surface area contributed by atoms with E-state index in [1.165, 1.54) is 11.3 Å². The SMILES string of the molecule is Cc1sc(C)c(S(=O)(=O)NCc2cccc(I)c2)c1C(=O)O. The average Bonchev–Trinajstić information content (AvgIpc) is 2.72. The van der Waals surface area contributed by atoms with Crippen LogP contribution < -0.4 is 4.72 Å². The van der Waals surface area contributed by atoms with Crippen LogP contribution in [-0.4, -0.2) is 19.5 Å². The van der Waals surface area contributed by atoms with Crippen molar-refractivity contribution in [2.24, 2.45) is 0 Å². The lowest BCUT2D eigenvalue weighted by Gasteiger charge is -2.08. The van der Waals surface area contributed by atoms with Gasteiger partial charge in [0, 0.05) is 19.9 Å². The summed E-state index contributed by atoms with van der Waals surface area (Å²) < 4.78 is 28.4. The standard InChI is InChI=1S/C14H14INO4S2/c1-8-12(14(17)18)13(9(2)21-8)22(19,20)16-7-10-4-3-5-11(15)6-10/h3-6,16H,7H2,1-2H3,(H,17,18). The van der Waals surface area contributed by atoms with Crippen molar-refractivity contribution < 1.29 is 18.3 Å². The first kappa shape index (κ1) is 17.4. The molecule has 0 radical (unpaired) electrons. The van der Waals surface area contributed by atoms with Gasteiger partial charge < -0.3 is 5.11 Å². The maximum Gasteiger partial charge on any atom is 0.338 e. The van der Waals surface area contributed by atoms with Crippen LogP contribution in [0.3, 0.4) is 0 Å². The second-order valence-electron chi connectivity index (χ2n) is 4.68. The fourth-order valence-electron chi connectivity index (χ4n) is 2.13. The summed E-state index contributed by atoms with van der Waals surface area (Å²) in [4.78, 5) is 12.2. The summed E-state index contributed by atoms with van der Waals surface area (Å²) in [6.45, 7) is 3.34. The molecule has 0 spiro atoms. The lowest BCUT2D eigenvalue weighted by molar-refractivity contribution is 0.0692. The van der Waals surface area contributed by atoms with E-state index < -0.39 is 16.0 Å². The monoisotopic (exact) mass is 451 g/mol. The number of rotatable bonds is 5. The Labute approximate surface area is 146 Å². The first-order valence-corrected chi connectivity index (χ1v) is 9.67. The molecule has 1 aromatic heterocycles. The Hall–Kier alpha value is -0.970. The Balaban J connectivity index is 2.34. The van der Waals surface area contributed by atoms with Crippen LogP contribution in [0.5, 0.6) is 0 Å². The fourth-order valence-corrected chi connectivity index (χ4v) is 5.59. The largest absolute Gasteiger partial charge is 0.478 e. The van der Waals surface area contributed by atoms with Crippen LogP contribution in [0.25, 0.3) is 0 Å². The van der Waals surface area contributed by atoms with Crippen molar-refractivity contribution in [2.75, 3.05) is 0 Å². The highest BCUT2D eigenvalue weighted by molar-refractivity contribution is 14.1. The van der Waals surface area contributed by atoms with Crippen molar-refractivity contribution in [1.29, 1.82) is 0 Å². The van der Waals surface area contributed by atoms with Gasteiger partial charge in [-0.1, -0.05) is 12.1 Å². The van der Waals surface area contributed by atoms with Crippen molar-refractivity contribution in [3.63, 3.8) is 0 Å². The van der Waals surface area contributed by atoms with Crippen LogP contribution in [0.4, 0.5) is 0 Å². The van der Waals surface area contributed by atoms with Crippen LogP contribution in [0.15, 0.2) is 29.2 Å². The number of hydrogen-bond donors (Lipinski definition) is 2. The number of sulfonamides is 1. The number of thiophene rings is 1. The molecule has 0 fully saturated rings. The minimum Gasteiger partial charge on any atom is -0.478 e. The summed E-state index contributed by atoms with van der Waals surface area (Å²) in [5.41, 5.74) is 0.676. The van der Waals surface area contributed by atoms with Gasteiger partial charge in [-0.05, 0) is 54.1 Å². The van der Waals surface area contributed by atoms with Crippen LogP contribution in [0.1, 0.15) is 25.7 Å². The number of benzene rings is 1. The van der Waals surface area contributed by atoms with E-state index >= 15 is 0 Å². The van der Waals surface area contributed by atoms with Gasteiger partial charge >= 0.3 is 5.97 Å². The van der Waals surface area contributed by atoms with Gasteiger partial charge in [0.2, 0.25) is 10.0 Å². The van der Waals surface area contributed by atoms with Crippen molar-refractivity contribution in [3.05, 3.63) is 48.7 Å². The third kappa shape index (κ3) is 3.67. The van der Waals surface area contributed by atoms with E-state index in [9.17, 15) is 18.3 Å². The van der Waals surface area contributed by atoms with Gasteiger partial charge in [0.15, 0.2) is 0 Å². The summed E-state index contributed by atoms with van der Waals surface area (Å²) in [6, 6.07) is 7.43. The third-order valence-electron chi connectivity index (χ3n) is 3.04. The van der Waals surface area contributed by atoms with E-state index in [-0.39, 0.29) is 17.0 Å². The van der Waals surface area contributed by atoms with E-state index in [0.29, 0.717) is 9.75 Å². The number of carbonyl (C=O) groups is 1. The highest BCUT2D eigenvalue weighted by Gasteiger charge is 2.28. The molecule has 8 heteroatoms. The second-order valence-corrected chi connectivity index (χ2v) is 9.06. The van der Waals surface area contributed by atoms with Crippen LogP contribution in [-0.2, 0) is 16.6 Å². The zero-order valence-electron chi connectivity index (χ0n) is 11.9. The molecule has 0 bridgehead atoms. The number of aromatic carboxylic acids is 1. The number of hydrogen-bond acceptors (Lipinski definition) is 4. The van der Waals surface area contributed by atoms with E-state index in [1.807, 2.05) is 24.3 Å². The van der Waals surface area contributed by atoms with Crippen LogP contribution >= 0.6 is 33.9 Å². The molecular weight excluding hydrogens is 437 g/mol. The first-order chi connectivity index (χ1) is 10.2. The normalized spacial score (nSPS) is 11.6. The van der Waals surface area contributed by atoms with Gasteiger partial charge in [0.25, 0.3) is 0 Å². The highest BCUT2D eigenvalue weighted by Crippen LogP contribution is 2.31. The molecule has 0 aliphatic carbocycles. The molecule has 1 heterocycles. The minimum absolute atomic E-state index is 0.118. The molecule has 2 aromatic rings. The minimum atomic E-state index is -3.88. The molecule has 2 rings (SSSR count). The Morgan fingerprint density at radius 3 is 2.59 bits per heavy atom. The van der Waals surface area contributed by atoms with Crippen molar-refractivity contribution in [1.82, 2.24) is 4.72 Å². The molecule has 5 nitrogen and oxygen atoms in total. The Morgan fingerprint density at radius 2 is 2.00 bits per heavy atom. The lowest BCUT2D eigenvalue weighted by atomic mass is 10.2. The summed E-state index contributed by atoms with van der Waals surface area (Å²) in [5, 5.41) is 9.26. The summed E-state index contributed by atoms with van der Waals surface area (Å²) >= 11 is 3.32. The molecule has 22 heavy (non-hydrogen) atoms. The first-order valence-electron chi connectivity index (χ1n) is 6.30. The van der Waals surface area contributed by atoms with Gasteiger partial charge in [-0.2, -0.15) is 0 Å². The second kappa shape index (κ2) is 6.65. The molecule has 0 saturated heterocycles. The molecule has 0 atom stereocenters. The van der Waals surface area contributed by atoms with Gasteiger partial charge in [-0.15, -0.1) is 11.3 Å². The Morgan fingerprint density at radius 1 is 1.32 bits per heavy atom. The van der Waals surface area contributed by atoms with Crippen molar-refractivity contribution in [3.8, 4) is 0 Å². The zero-order valence-corrected chi connectivity index (χ0v) is 15.7. The fraction of sp³-hybridized carbons (Fsp3) is 0.214. The van der Waals surface area contributed by atoms with Gasteiger partial charge in [-0.3, -0.25) is 0 Å². The molecule has 0 amide bonds. The summed E-state index contributed by atoms with van der Waals surface area (Å²) in [5.74, 6) is -1.23. The number of aryl methyl sites for hydroxylation is 2. The predicted molar refractivity (Wildman–Crippen MR) is 93.9 cm³/mol. The molecule has 0 aliphatic rings. The molecular formula is C14H14INO4S2. The van der Waals surface area contributed by atoms with E-state index in [4.69, 9.17) is 0 Å². The number of halogens is 1. The summed E-state index contributed by atoms with van der Waals surface area (Å²) in [7, 11) is -3.88. The number of nitrogens with one attached hydrogen (secondary N) is 1. The van der Waals surface area contributed by atoms with E-state index in [0.717, 1.165) is 9.13 Å². The van der Waals surface area contributed by atoms with E-state index in [1.54, 1.807) is 13.8 Å². The highest BCUT2D eigenvalue weighted by atomic mass is 127. The quantitative estimate of drug-likeness (QED) is 0.685. The van der Waals surface area contributed by atoms with Gasteiger partial charge in [-0.25, -0.2) is 17.9 Å². The van der Waals surface area contributed by atoms with Gasteiger partial charge in [0.05, 0.1) is 5.56 Å². The smallest absolute Gasteiger partial charge is 0.338 e.